The largest absolute Gasteiger partial charge is 0.450 e. The summed E-state index contributed by atoms with van der Waals surface area (Å²) in [6.45, 7) is 2.19. The van der Waals surface area contributed by atoms with Crippen LogP contribution in [0.4, 0.5) is 10.1 Å². The van der Waals surface area contributed by atoms with Crippen LogP contribution in [0.2, 0.25) is 0 Å². The van der Waals surface area contributed by atoms with Gasteiger partial charge in [0.2, 0.25) is 5.76 Å². The molecule has 0 saturated heterocycles. The third-order valence-corrected chi connectivity index (χ3v) is 6.18. The number of anilines is 1. The summed E-state index contributed by atoms with van der Waals surface area (Å²) in [6, 6.07) is 10.6. The molecule has 0 radical (unpaired) electrons. The number of carbonyl (C=O) groups excluding carboxylic acids is 2. The molecule has 164 valence electrons. The van der Waals surface area contributed by atoms with Gasteiger partial charge in [-0.25, -0.2) is 4.39 Å². The Hall–Kier alpha value is -3.52. The SMILES string of the molecule is CCCN1C(=O)C2(c3ccccc31)c1c(oc3ccc(F)cc3c1=O)C(=O)N2CCCO. The highest BCUT2D eigenvalue weighted by Crippen LogP contribution is 2.52. The Bertz CT molecular complexity index is 1330. The predicted molar refractivity (Wildman–Crippen MR) is 115 cm³/mol. The molecule has 7 nitrogen and oxygen atoms in total. The molecule has 2 aliphatic rings. The minimum absolute atomic E-state index is 0.0286. The molecular weight excluding hydrogens is 415 g/mol. The number of rotatable bonds is 5. The number of aliphatic hydroxyl groups is 1. The van der Waals surface area contributed by atoms with Gasteiger partial charge in [-0.3, -0.25) is 14.4 Å². The van der Waals surface area contributed by atoms with Crippen molar-refractivity contribution in [1.82, 2.24) is 4.90 Å². The third-order valence-electron chi connectivity index (χ3n) is 6.18. The summed E-state index contributed by atoms with van der Waals surface area (Å²) in [6.07, 6.45) is 0.887. The fourth-order valence-corrected chi connectivity index (χ4v) is 4.94. The van der Waals surface area contributed by atoms with E-state index < -0.39 is 28.6 Å². The van der Waals surface area contributed by atoms with Gasteiger partial charge in [-0.15, -0.1) is 0 Å². The highest BCUT2D eigenvalue weighted by Gasteiger charge is 2.64. The van der Waals surface area contributed by atoms with Crippen molar-refractivity contribution in [1.29, 1.82) is 0 Å². The smallest absolute Gasteiger partial charge is 0.291 e. The number of halogens is 1. The Morgan fingerprint density at radius 1 is 1.09 bits per heavy atom. The van der Waals surface area contributed by atoms with Gasteiger partial charge in [0.1, 0.15) is 11.4 Å². The van der Waals surface area contributed by atoms with Crippen LogP contribution in [-0.2, 0) is 10.3 Å². The third kappa shape index (κ3) is 2.47. The molecule has 2 aliphatic heterocycles. The van der Waals surface area contributed by atoms with E-state index in [1.54, 1.807) is 29.2 Å². The zero-order valence-electron chi connectivity index (χ0n) is 17.4. The first-order chi connectivity index (χ1) is 15.5. The Labute approximate surface area is 182 Å². The minimum atomic E-state index is -1.71. The maximum absolute atomic E-state index is 14.0. The highest BCUT2D eigenvalue weighted by atomic mass is 19.1. The quantitative estimate of drug-likeness (QED) is 0.664. The van der Waals surface area contributed by atoms with Crippen LogP contribution in [-0.4, -0.2) is 41.5 Å². The van der Waals surface area contributed by atoms with Crippen LogP contribution in [0.25, 0.3) is 11.0 Å². The Morgan fingerprint density at radius 3 is 2.62 bits per heavy atom. The van der Waals surface area contributed by atoms with E-state index in [4.69, 9.17) is 4.42 Å². The van der Waals surface area contributed by atoms with E-state index in [1.165, 1.54) is 11.0 Å². The van der Waals surface area contributed by atoms with E-state index in [9.17, 15) is 23.9 Å². The average molecular weight is 436 g/mol. The molecule has 8 heteroatoms. The van der Waals surface area contributed by atoms with Crippen LogP contribution in [0.3, 0.4) is 0 Å². The number of aliphatic hydroxyl groups excluding tert-OH is 1. The number of amides is 2. The fourth-order valence-electron chi connectivity index (χ4n) is 4.94. The number of benzene rings is 2. The number of hydrogen-bond donors (Lipinski definition) is 1. The van der Waals surface area contributed by atoms with Crippen LogP contribution in [0.15, 0.2) is 51.7 Å². The Balaban J connectivity index is 1.90. The second kappa shape index (κ2) is 7.27. The molecule has 2 aromatic carbocycles. The second-order valence-electron chi connectivity index (χ2n) is 7.99. The van der Waals surface area contributed by atoms with Crippen LogP contribution in [0, 0.1) is 5.82 Å². The van der Waals surface area contributed by atoms with Gasteiger partial charge in [-0.1, -0.05) is 25.1 Å². The standard InChI is InChI=1S/C24H21FN2O5/c1-2-10-26-17-7-4-3-6-16(17)24(23(26)31)19-20(29)15-13-14(25)8-9-18(15)32-21(19)22(30)27(24)11-5-12-28/h3-4,6-9,13,28H,2,5,10-12H2,1H3. The molecule has 1 unspecified atom stereocenters. The van der Waals surface area contributed by atoms with Crippen LogP contribution in [0.1, 0.15) is 41.4 Å². The number of para-hydroxylation sites is 1. The van der Waals surface area contributed by atoms with Crippen molar-refractivity contribution in [3.63, 3.8) is 0 Å². The van der Waals surface area contributed by atoms with Crippen molar-refractivity contribution >= 4 is 28.5 Å². The lowest BCUT2D eigenvalue weighted by Gasteiger charge is -2.34. The van der Waals surface area contributed by atoms with E-state index in [0.717, 1.165) is 12.1 Å². The lowest BCUT2D eigenvalue weighted by molar-refractivity contribution is -0.126. The van der Waals surface area contributed by atoms with Gasteiger partial charge in [0.05, 0.1) is 16.6 Å². The first kappa shape index (κ1) is 20.4. The van der Waals surface area contributed by atoms with Crippen molar-refractivity contribution in [3.05, 3.63) is 75.4 Å². The molecule has 32 heavy (non-hydrogen) atoms. The van der Waals surface area contributed by atoms with E-state index in [2.05, 4.69) is 0 Å². The zero-order valence-corrected chi connectivity index (χ0v) is 17.4. The lowest BCUT2D eigenvalue weighted by atomic mass is 9.84. The molecule has 0 bridgehead atoms. The zero-order chi connectivity index (χ0) is 22.6. The van der Waals surface area contributed by atoms with Gasteiger partial charge in [0.25, 0.3) is 11.8 Å². The average Bonchev–Trinajstić information content (AvgIpc) is 3.18. The van der Waals surface area contributed by atoms with Crippen LogP contribution < -0.4 is 10.3 Å². The number of hydrogen-bond acceptors (Lipinski definition) is 5. The summed E-state index contributed by atoms with van der Waals surface area (Å²) >= 11 is 0. The van der Waals surface area contributed by atoms with Gasteiger partial charge >= 0.3 is 0 Å². The number of nitrogens with zero attached hydrogens (tertiary/aromatic N) is 2. The summed E-state index contributed by atoms with van der Waals surface area (Å²) in [5, 5.41) is 9.41. The van der Waals surface area contributed by atoms with E-state index in [-0.39, 0.29) is 41.9 Å². The molecule has 0 saturated carbocycles. The topological polar surface area (TPSA) is 91.1 Å². The molecule has 3 aromatic rings. The van der Waals surface area contributed by atoms with Gasteiger partial charge in [0.15, 0.2) is 11.0 Å². The molecule has 1 aromatic heterocycles. The molecule has 3 heterocycles. The van der Waals surface area contributed by atoms with E-state index >= 15 is 0 Å². The second-order valence-corrected chi connectivity index (χ2v) is 7.99. The van der Waals surface area contributed by atoms with E-state index in [1.807, 2.05) is 6.92 Å². The number of fused-ring (bicyclic) bond motifs is 5. The molecule has 1 spiro atoms. The molecule has 1 atom stereocenters. The monoisotopic (exact) mass is 436 g/mol. The van der Waals surface area contributed by atoms with Crippen molar-refractivity contribution in [3.8, 4) is 0 Å². The normalized spacial score (nSPS) is 19.3. The molecular formula is C24H21FN2O5. The van der Waals surface area contributed by atoms with E-state index in [0.29, 0.717) is 24.2 Å². The first-order valence-electron chi connectivity index (χ1n) is 10.6. The van der Waals surface area contributed by atoms with Gasteiger partial charge < -0.3 is 19.3 Å². The van der Waals surface area contributed by atoms with Gasteiger partial charge in [-0.2, -0.15) is 0 Å². The lowest BCUT2D eigenvalue weighted by Crippen LogP contribution is -2.53. The maximum atomic E-state index is 14.0. The first-order valence-corrected chi connectivity index (χ1v) is 10.6. The fraction of sp³-hybridized carbons (Fsp3) is 0.292. The highest BCUT2D eigenvalue weighted by molar-refractivity contribution is 6.17. The maximum Gasteiger partial charge on any atom is 0.291 e. The number of carbonyl (C=O) groups is 2. The van der Waals surface area contributed by atoms with Gasteiger partial charge in [0, 0.05) is 25.3 Å². The van der Waals surface area contributed by atoms with Crippen molar-refractivity contribution in [2.24, 2.45) is 0 Å². The van der Waals surface area contributed by atoms with Crippen molar-refractivity contribution in [2.75, 3.05) is 24.6 Å². The van der Waals surface area contributed by atoms with Crippen molar-refractivity contribution in [2.45, 2.75) is 25.3 Å². The molecule has 0 fully saturated rings. The summed E-state index contributed by atoms with van der Waals surface area (Å²) in [5.74, 6) is -1.86. The molecule has 0 aliphatic carbocycles. The Kier molecular flexibility index (Phi) is 4.63. The minimum Gasteiger partial charge on any atom is -0.450 e. The molecule has 5 rings (SSSR count). The summed E-state index contributed by atoms with van der Waals surface area (Å²) in [7, 11) is 0. The van der Waals surface area contributed by atoms with Crippen LogP contribution >= 0.6 is 0 Å². The predicted octanol–water partition coefficient (Wildman–Crippen LogP) is 2.77. The summed E-state index contributed by atoms with van der Waals surface area (Å²) in [5.41, 5.74) is -1.21. The van der Waals surface area contributed by atoms with Crippen molar-refractivity contribution < 1.29 is 23.5 Å². The van der Waals surface area contributed by atoms with Gasteiger partial charge in [-0.05, 0) is 37.1 Å². The Morgan fingerprint density at radius 2 is 1.88 bits per heavy atom. The summed E-state index contributed by atoms with van der Waals surface area (Å²) in [4.78, 5) is 44.1. The van der Waals surface area contributed by atoms with Crippen LogP contribution in [0.5, 0.6) is 0 Å². The molecule has 2 amide bonds. The summed E-state index contributed by atoms with van der Waals surface area (Å²) < 4.78 is 19.8. The molecule has 1 N–H and O–H groups in total.